The number of hydrogen-bond acceptors (Lipinski definition) is 3. The van der Waals surface area contributed by atoms with Crippen LogP contribution >= 0.6 is 0 Å². The Kier molecular flexibility index (Phi) is 3.75. The van der Waals surface area contributed by atoms with Crippen molar-refractivity contribution in [1.82, 2.24) is 0 Å². The van der Waals surface area contributed by atoms with Gasteiger partial charge in [-0.3, -0.25) is 4.79 Å². The van der Waals surface area contributed by atoms with Gasteiger partial charge in [-0.2, -0.15) is 0 Å². The van der Waals surface area contributed by atoms with E-state index in [9.17, 15) is 4.79 Å². The third-order valence-corrected chi connectivity index (χ3v) is 2.75. The lowest BCUT2D eigenvalue weighted by atomic mass is 10.0. The molecule has 2 aromatic rings. The van der Waals surface area contributed by atoms with Gasteiger partial charge >= 0.3 is 0 Å². The third kappa shape index (κ3) is 2.57. The molecule has 0 fully saturated rings. The molecule has 2 aromatic carbocycles. The standard InChI is InChI=1S/C15H15NO2/c1-2-15(18)13-4-3-12-10-14(16-7-8-17)6-5-11(12)9-13/h2-6,9-10,16-17H,1,7-8H2. The Morgan fingerprint density at radius 2 is 1.94 bits per heavy atom. The Bertz CT molecular complexity index is 590. The fraction of sp³-hybridized carbons (Fsp3) is 0.133. The first kappa shape index (κ1) is 12.3. The highest BCUT2D eigenvalue weighted by molar-refractivity contribution is 6.06. The van der Waals surface area contributed by atoms with E-state index in [1.807, 2.05) is 30.3 Å². The van der Waals surface area contributed by atoms with E-state index in [2.05, 4.69) is 11.9 Å². The quantitative estimate of drug-likeness (QED) is 0.625. The van der Waals surface area contributed by atoms with Gasteiger partial charge in [0.2, 0.25) is 0 Å². The molecule has 0 aromatic heterocycles. The number of ketones is 1. The highest BCUT2D eigenvalue weighted by atomic mass is 16.3. The van der Waals surface area contributed by atoms with Gasteiger partial charge < -0.3 is 10.4 Å². The van der Waals surface area contributed by atoms with Gasteiger partial charge in [-0.1, -0.05) is 24.8 Å². The average molecular weight is 241 g/mol. The van der Waals surface area contributed by atoms with Gasteiger partial charge in [-0.15, -0.1) is 0 Å². The van der Waals surface area contributed by atoms with E-state index in [0.717, 1.165) is 16.5 Å². The highest BCUT2D eigenvalue weighted by Gasteiger charge is 2.03. The zero-order valence-corrected chi connectivity index (χ0v) is 10.0. The van der Waals surface area contributed by atoms with Crippen molar-refractivity contribution in [2.75, 3.05) is 18.5 Å². The molecule has 0 amide bonds. The highest BCUT2D eigenvalue weighted by Crippen LogP contribution is 2.20. The van der Waals surface area contributed by atoms with Gasteiger partial charge in [0.15, 0.2) is 5.78 Å². The Morgan fingerprint density at radius 3 is 2.67 bits per heavy atom. The molecule has 2 N–H and O–H groups in total. The molecule has 0 aliphatic heterocycles. The predicted molar refractivity (Wildman–Crippen MR) is 74.1 cm³/mol. The monoisotopic (exact) mass is 241 g/mol. The minimum absolute atomic E-state index is 0.0700. The zero-order chi connectivity index (χ0) is 13.0. The first-order valence-electron chi connectivity index (χ1n) is 5.80. The molecule has 0 bridgehead atoms. The summed E-state index contributed by atoms with van der Waals surface area (Å²) in [7, 11) is 0. The molecule has 0 spiro atoms. The fourth-order valence-electron chi connectivity index (χ4n) is 1.83. The lowest BCUT2D eigenvalue weighted by Gasteiger charge is -2.06. The Morgan fingerprint density at radius 1 is 1.22 bits per heavy atom. The van der Waals surface area contributed by atoms with Crippen LogP contribution in [0.3, 0.4) is 0 Å². The van der Waals surface area contributed by atoms with Gasteiger partial charge in [0, 0.05) is 17.8 Å². The molecule has 18 heavy (non-hydrogen) atoms. The van der Waals surface area contributed by atoms with Crippen LogP contribution in [0.1, 0.15) is 10.4 Å². The molecule has 0 heterocycles. The largest absolute Gasteiger partial charge is 0.395 e. The normalized spacial score (nSPS) is 10.3. The maximum absolute atomic E-state index is 11.5. The SMILES string of the molecule is C=CC(=O)c1ccc2cc(NCCO)ccc2c1. The maximum atomic E-state index is 11.5. The summed E-state index contributed by atoms with van der Waals surface area (Å²) in [5, 5.41) is 13.9. The summed E-state index contributed by atoms with van der Waals surface area (Å²) in [6.45, 7) is 4.11. The van der Waals surface area contributed by atoms with Crippen molar-refractivity contribution < 1.29 is 9.90 Å². The molecule has 0 atom stereocenters. The van der Waals surface area contributed by atoms with Crippen LogP contribution in [-0.2, 0) is 0 Å². The lowest BCUT2D eigenvalue weighted by molar-refractivity contribution is 0.104. The minimum Gasteiger partial charge on any atom is -0.395 e. The second kappa shape index (κ2) is 5.47. The summed E-state index contributed by atoms with van der Waals surface area (Å²) < 4.78 is 0. The van der Waals surface area contributed by atoms with Gasteiger partial charge in [0.05, 0.1) is 6.61 Å². The second-order valence-corrected chi connectivity index (χ2v) is 4.00. The molecule has 0 unspecified atom stereocenters. The topological polar surface area (TPSA) is 49.3 Å². The molecule has 92 valence electrons. The molecular formula is C15H15NO2. The van der Waals surface area contributed by atoms with Crippen molar-refractivity contribution in [2.24, 2.45) is 0 Å². The number of fused-ring (bicyclic) bond motifs is 1. The van der Waals surface area contributed by atoms with Crippen molar-refractivity contribution >= 4 is 22.2 Å². The molecular weight excluding hydrogens is 226 g/mol. The van der Waals surface area contributed by atoms with Gasteiger partial charge in [-0.25, -0.2) is 0 Å². The average Bonchev–Trinajstić information content (AvgIpc) is 2.43. The van der Waals surface area contributed by atoms with Crippen molar-refractivity contribution in [3.63, 3.8) is 0 Å². The molecule has 2 rings (SSSR count). The molecule has 0 aliphatic rings. The predicted octanol–water partition coefficient (Wildman–Crippen LogP) is 2.61. The first-order chi connectivity index (χ1) is 8.74. The zero-order valence-electron chi connectivity index (χ0n) is 10.0. The van der Waals surface area contributed by atoms with Crippen molar-refractivity contribution in [1.29, 1.82) is 0 Å². The number of nitrogens with one attached hydrogen (secondary N) is 1. The van der Waals surface area contributed by atoms with E-state index in [4.69, 9.17) is 5.11 Å². The minimum atomic E-state index is -0.0700. The van der Waals surface area contributed by atoms with Crippen molar-refractivity contribution in [3.8, 4) is 0 Å². The number of aliphatic hydroxyl groups is 1. The second-order valence-electron chi connectivity index (χ2n) is 4.00. The summed E-state index contributed by atoms with van der Waals surface area (Å²) in [4.78, 5) is 11.5. The molecule has 3 heteroatoms. The van der Waals surface area contributed by atoms with E-state index < -0.39 is 0 Å². The summed E-state index contributed by atoms with van der Waals surface area (Å²) in [5.41, 5.74) is 1.60. The fourth-order valence-corrected chi connectivity index (χ4v) is 1.83. The Hall–Kier alpha value is -2.13. The lowest BCUT2D eigenvalue weighted by Crippen LogP contribution is -2.05. The molecule has 0 radical (unpaired) electrons. The van der Waals surface area contributed by atoms with Crippen LogP contribution in [0.15, 0.2) is 49.1 Å². The van der Waals surface area contributed by atoms with E-state index in [-0.39, 0.29) is 12.4 Å². The van der Waals surface area contributed by atoms with Crippen LogP contribution in [0, 0.1) is 0 Å². The van der Waals surface area contributed by atoms with E-state index in [1.165, 1.54) is 6.08 Å². The van der Waals surface area contributed by atoms with Gasteiger partial charge in [0.1, 0.15) is 0 Å². The number of benzene rings is 2. The van der Waals surface area contributed by atoms with E-state index >= 15 is 0 Å². The number of aliphatic hydroxyl groups excluding tert-OH is 1. The third-order valence-electron chi connectivity index (χ3n) is 2.75. The van der Waals surface area contributed by atoms with Crippen LogP contribution < -0.4 is 5.32 Å². The number of carbonyl (C=O) groups is 1. The summed E-state index contributed by atoms with van der Waals surface area (Å²) in [5.74, 6) is -0.0700. The smallest absolute Gasteiger partial charge is 0.185 e. The number of carbonyl (C=O) groups excluding carboxylic acids is 1. The van der Waals surface area contributed by atoms with Crippen molar-refractivity contribution in [3.05, 3.63) is 54.6 Å². The van der Waals surface area contributed by atoms with Gasteiger partial charge in [-0.05, 0) is 35.0 Å². The number of anilines is 1. The first-order valence-corrected chi connectivity index (χ1v) is 5.80. The van der Waals surface area contributed by atoms with E-state index in [1.54, 1.807) is 6.07 Å². The van der Waals surface area contributed by atoms with Crippen LogP contribution in [0.2, 0.25) is 0 Å². The molecule has 0 saturated carbocycles. The van der Waals surface area contributed by atoms with Crippen LogP contribution in [-0.4, -0.2) is 24.0 Å². The molecule has 3 nitrogen and oxygen atoms in total. The van der Waals surface area contributed by atoms with Crippen LogP contribution in [0.25, 0.3) is 10.8 Å². The number of hydrogen-bond donors (Lipinski definition) is 2. The molecule has 0 aliphatic carbocycles. The molecule has 0 saturated heterocycles. The Balaban J connectivity index is 2.35. The van der Waals surface area contributed by atoms with Gasteiger partial charge in [0.25, 0.3) is 0 Å². The summed E-state index contributed by atoms with van der Waals surface area (Å²) in [6, 6.07) is 11.4. The summed E-state index contributed by atoms with van der Waals surface area (Å²) >= 11 is 0. The van der Waals surface area contributed by atoms with Crippen LogP contribution in [0.5, 0.6) is 0 Å². The number of allylic oxidation sites excluding steroid dienone is 1. The van der Waals surface area contributed by atoms with E-state index in [0.29, 0.717) is 12.1 Å². The maximum Gasteiger partial charge on any atom is 0.185 e. The number of rotatable bonds is 5. The summed E-state index contributed by atoms with van der Waals surface area (Å²) in [6.07, 6.45) is 1.32. The van der Waals surface area contributed by atoms with Crippen LogP contribution in [0.4, 0.5) is 5.69 Å². The van der Waals surface area contributed by atoms with Crippen molar-refractivity contribution in [2.45, 2.75) is 0 Å². The Labute approximate surface area is 106 Å².